The van der Waals surface area contributed by atoms with Crippen molar-refractivity contribution < 1.29 is 4.42 Å². The Hall–Kier alpha value is -2.18. The first kappa shape index (κ1) is 18.8. The summed E-state index contributed by atoms with van der Waals surface area (Å²) >= 11 is 3.53. The Labute approximate surface area is 177 Å². The zero-order chi connectivity index (χ0) is 20.1. The molecule has 0 fully saturated rings. The van der Waals surface area contributed by atoms with Gasteiger partial charge in [0.15, 0.2) is 0 Å². The number of benzene rings is 1. The van der Waals surface area contributed by atoms with E-state index in [9.17, 15) is 4.79 Å². The number of nitrogens with zero attached hydrogens (tertiary/aromatic N) is 2. The molecule has 0 aliphatic heterocycles. The molecule has 1 aromatic carbocycles. The van der Waals surface area contributed by atoms with Crippen LogP contribution in [-0.2, 0) is 18.6 Å². The first-order chi connectivity index (χ1) is 14.0. The maximum absolute atomic E-state index is 12.2. The third-order valence-electron chi connectivity index (χ3n) is 5.78. The van der Waals surface area contributed by atoms with Gasteiger partial charge >= 0.3 is 5.63 Å². The summed E-state index contributed by atoms with van der Waals surface area (Å²) in [6, 6.07) is 5.77. The normalized spacial score (nSPS) is 13.9. The van der Waals surface area contributed by atoms with Crippen LogP contribution in [-0.4, -0.2) is 9.97 Å². The Kier molecular flexibility index (Phi) is 4.71. The van der Waals surface area contributed by atoms with E-state index in [0.717, 1.165) is 50.6 Å². The molecule has 5 rings (SSSR count). The molecule has 0 N–H and O–H groups in total. The monoisotopic (exact) mass is 422 g/mol. The first-order valence-corrected chi connectivity index (χ1v) is 11.8. The van der Waals surface area contributed by atoms with Gasteiger partial charge in [0.05, 0.1) is 0 Å². The van der Waals surface area contributed by atoms with Crippen LogP contribution in [0.4, 0.5) is 0 Å². The van der Waals surface area contributed by atoms with Crippen LogP contribution in [0.1, 0.15) is 45.8 Å². The fourth-order valence-electron chi connectivity index (χ4n) is 4.12. The molecule has 0 spiro atoms. The van der Waals surface area contributed by atoms with Crippen LogP contribution in [0.2, 0.25) is 0 Å². The Morgan fingerprint density at radius 1 is 1.14 bits per heavy atom. The van der Waals surface area contributed by atoms with Crippen LogP contribution in [0.25, 0.3) is 21.2 Å². The summed E-state index contributed by atoms with van der Waals surface area (Å²) in [6.07, 6.45) is 4.77. The molecule has 0 unspecified atom stereocenters. The van der Waals surface area contributed by atoms with Gasteiger partial charge in [-0.3, -0.25) is 0 Å². The molecule has 0 bridgehead atoms. The maximum Gasteiger partial charge on any atom is 0.336 e. The van der Waals surface area contributed by atoms with Crippen molar-refractivity contribution in [1.29, 1.82) is 0 Å². The van der Waals surface area contributed by atoms with Gasteiger partial charge in [-0.05, 0) is 68.7 Å². The van der Waals surface area contributed by atoms with Gasteiger partial charge in [-0.25, -0.2) is 14.8 Å². The average Bonchev–Trinajstić information content (AvgIpc) is 3.07. The SMILES string of the molecule is Cc1nc(SCc2cc(=O)oc3c(C)c(C)ccc23)c2c3c(sc2n1)CCCC3. The highest BCUT2D eigenvalue weighted by Crippen LogP contribution is 2.40. The van der Waals surface area contributed by atoms with Crippen molar-refractivity contribution in [2.45, 2.75) is 57.2 Å². The summed E-state index contributed by atoms with van der Waals surface area (Å²) in [5.74, 6) is 1.49. The van der Waals surface area contributed by atoms with Crippen LogP contribution < -0.4 is 5.63 Å². The Balaban J connectivity index is 1.59. The topological polar surface area (TPSA) is 56.0 Å². The summed E-state index contributed by atoms with van der Waals surface area (Å²) in [5.41, 5.74) is 5.01. The lowest BCUT2D eigenvalue weighted by atomic mass is 9.97. The van der Waals surface area contributed by atoms with Gasteiger partial charge in [0.2, 0.25) is 0 Å². The van der Waals surface area contributed by atoms with Crippen molar-refractivity contribution in [2.75, 3.05) is 0 Å². The minimum Gasteiger partial charge on any atom is -0.422 e. The molecule has 4 aromatic rings. The summed E-state index contributed by atoms with van der Waals surface area (Å²) < 4.78 is 5.53. The van der Waals surface area contributed by atoms with Crippen molar-refractivity contribution in [3.8, 4) is 0 Å². The fourth-order valence-corrected chi connectivity index (χ4v) is 6.58. The van der Waals surface area contributed by atoms with Gasteiger partial charge in [-0.2, -0.15) is 0 Å². The molecule has 0 atom stereocenters. The lowest BCUT2D eigenvalue weighted by molar-refractivity contribution is 0.557. The van der Waals surface area contributed by atoms with Crippen molar-refractivity contribution in [2.24, 2.45) is 0 Å². The minimum absolute atomic E-state index is 0.293. The number of aryl methyl sites for hydroxylation is 5. The summed E-state index contributed by atoms with van der Waals surface area (Å²) in [5, 5.41) is 3.28. The van der Waals surface area contributed by atoms with Gasteiger partial charge in [-0.1, -0.05) is 12.1 Å². The Bertz CT molecular complexity index is 1320. The molecule has 6 heteroatoms. The van der Waals surface area contributed by atoms with E-state index in [2.05, 4.69) is 12.1 Å². The lowest BCUT2D eigenvalue weighted by Gasteiger charge is -2.12. The van der Waals surface area contributed by atoms with E-state index in [-0.39, 0.29) is 5.63 Å². The van der Waals surface area contributed by atoms with Crippen LogP contribution in [0.15, 0.2) is 32.4 Å². The zero-order valence-electron chi connectivity index (χ0n) is 16.8. The number of fused-ring (bicyclic) bond motifs is 4. The molecule has 29 heavy (non-hydrogen) atoms. The number of hydrogen-bond donors (Lipinski definition) is 0. The first-order valence-electron chi connectivity index (χ1n) is 9.96. The largest absolute Gasteiger partial charge is 0.422 e. The van der Waals surface area contributed by atoms with Crippen molar-refractivity contribution in [3.05, 3.63) is 61.6 Å². The third kappa shape index (κ3) is 3.28. The minimum atomic E-state index is -0.293. The van der Waals surface area contributed by atoms with Crippen molar-refractivity contribution >= 4 is 44.3 Å². The zero-order valence-corrected chi connectivity index (χ0v) is 18.4. The predicted octanol–water partition coefficient (Wildman–Crippen LogP) is 5.89. The molecule has 148 valence electrons. The standard InChI is InChI=1S/C23H22N2O2S2/c1-12-8-9-16-15(10-19(26)27-21(16)13(12)2)11-28-22-20-17-6-4-5-7-18(17)29-23(20)25-14(3)24-22/h8-10H,4-7,11H2,1-3H3. The number of thioether (sulfide) groups is 1. The molecule has 4 nitrogen and oxygen atoms in total. The van der Waals surface area contributed by atoms with E-state index in [0.29, 0.717) is 11.3 Å². The summed E-state index contributed by atoms with van der Waals surface area (Å²) in [6.45, 7) is 6.00. The fraction of sp³-hybridized carbons (Fsp3) is 0.348. The van der Waals surface area contributed by atoms with Crippen LogP contribution in [0, 0.1) is 20.8 Å². The van der Waals surface area contributed by atoms with Gasteiger partial charge in [-0.15, -0.1) is 23.1 Å². The highest BCUT2D eigenvalue weighted by atomic mass is 32.2. The van der Waals surface area contributed by atoms with E-state index < -0.39 is 0 Å². The van der Waals surface area contributed by atoms with E-state index >= 15 is 0 Å². The van der Waals surface area contributed by atoms with Crippen molar-refractivity contribution in [1.82, 2.24) is 9.97 Å². The second-order valence-electron chi connectivity index (χ2n) is 7.73. The van der Waals surface area contributed by atoms with Crippen LogP contribution >= 0.6 is 23.1 Å². The molecule has 3 heterocycles. The Morgan fingerprint density at radius 3 is 2.83 bits per heavy atom. The van der Waals surface area contributed by atoms with Crippen molar-refractivity contribution in [3.63, 3.8) is 0 Å². The molecule has 0 saturated heterocycles. The molecule has 0 saturated carbocycles. The summed E-state index contributed by atoms with van der Waals surface area (Å²) in [7, 11) is 0. The quantitative estimate of drug-likeness (QED) is 0.234. The van der Waals surface area contributed by atoms with Crippen LogP contribution in [0.3, 0.4) is 0 Å². The third-order valence-corrected chi connectivity index (χ3v) is 7.98. The molecular weight excluding hydrogens is 400 g/mol. The van der Waals surface area contributed by atoms with Gasteiger partial charge < -0.3 is 4.42 Å². The molecule has 1 aliphatic carbocycles. The molecule has 1 aliphatic rings. The molecule has 0 amide bonds. The Morgan fingerprint density at radius 2 is 1.97 bits per heavy atom. The van der Waals surface area contributed by atoms with Gasteiger partial charge in [0, 0.05) is 27.5 Å². The summed E-state index contributed by atoms with van der Waals surface area (Å²) in [4.78, 5) is 24.3. The molecular formula is C23H22N2O2S2. The van der Waals surface area contributed by atoms with Gasteiger partial charge in [0.25, 0.3) is 0 Å². The number of rotatable bonds is 3. The predicted molar refractivity (Wildman–Crippen MR) is 120 cm³/mol. The number of aromatic nitrogens is 2. The highest BCUT2D eigenvalue weighted by molar-refractivity contribution is 7.98. The van der Waals surface area contributed by atoms with Gasteiger partial charge in [0.1, 0.15) is 21.3 Å². The number of thiophene rings is 1. The molecule has 0 radical (unpaired) electrons. The van der Waals surface area contributed by atoms with E-state index in [1.54, 1.807) is 17.8 Å². The van der Waals surface area contributed by atoms with E-state index in [4.69, 9.17) is 14.4 Å². The van der Waals surface area contributed by atoms with E-state index in [1.165, 1.54) is 28.7 Å². The second-order valence-corrected chi connectivity index (χ2v) is 9.78. The smallest absolute Gasteiger partial charge is 0.336 e. The second kappa shape index (κ2) is 7.26. The average molecular weight is 423 g/mol. The lowest BCUT2D eigenvalue weighted by Crippen LogP contribution is -2.02. The molecule has 3 aromatic heterocycles. The van der Waals surface area contributed by atoms with E-state index in [1.807, 2.05) is 32.1 Å². The number of hydrogen-bond acceptors (Lipinski definition) is 6. The highest BCUT2D eigenvalue weighted by Gasteiger charge is 2.21. The van der Waals surface area contributed by atoms with Crippen LogP contribution in [0.5, 0.6) is 0 Å². The maximum atomic E-state index is 12.2.